The lowest BCUT2D eigenvalue weighted by molar-refractivity contribution is 0.112. The minimum atomic E-state index is 0.636. The Balaban J connectivity index is 2.16. The second-order valence-corrected chi connectivity index (χ2v) is 4.62. The summed E-state index contributed by atoms with van der Waals surface area (Å²) in [5.74, 6) is 0. The van der Waals surface area contributed by atoms with Gasteiger partial charge in [-0.15, -0.1) is 11.3 Å². The largest absolute Gasteiger partial charge is 0.306 e. The van der Waals surface area contributed by atoms with E-state index >= 15 is 0 Å². The number of carbonyl (C=O) groups excluding carboxylic acids is 1. The first-order chi connectivity index (χ1) is 8.26. The Hall–Kier alpha value is -2.01. The molecule has 0 N–H and O–H groups in total. The summed E-state index contributed by atoms with van der Waals surface area (Å²) in [6, 6.07) is 3.58. The molecule has 17 heavy (non-hydrogen) atoms. The van der Waals surface area contributed by atoms with E-state index in [0.29, 0.717) is 5.56 Å². The molecule has 0 aromatic carbocycles. The normalized spacial score (nSPS) is 10.9. The summed E-state index contributed by atoms with van der Waals surface area (Å²) in [4.78, 5) is 19.5. The van der Waals surface area contributed by atoms with Gasteiger partial charge in [0.05, 0.1) is 0 Å². The molecule has 3 aromatic rings. The van der Waals surface area contributed by atoms with Crippen molar-refractivity contribution in [2.24, 2.45) is 0 Å². The van der Waals surface area contributed by atoms with E-state index in [-0.39, 0.29) is 0 Å². The number of aryl methyl sites for hydroxylation is 1. The van der Waals surface area contributed by atoms with Crippen LogP contribution >= 0.6 is 11.3 Å². The molecule has 0 fully saturated rings. The average Bonchev–Trinajstić information content (AvgIpc) is 2.93. The van der Waals surface area contributed by atoms with Crippen LogP contribution in [0.2, 0.25) is 0 Å². The van der Waals surface area contributed by atoms with Crippen LogP contribution in [0.15, 0.2) is 29.9 Å². The molecule has 0 bridgehead atoms. The van der Waals surface area contributed by atoms with E-state index in [1.807, 2.05) is 29.0 Å². The Morgan fingerprint density at radius 2 is 2.18 bits per heavy atom. The zero-order chi connectivity index (χ0) is 11.8. The van der Waals surface area contributed by atoms with Gasteiger partial charge in [0.2, 0.25) is 0 Å². The van der Waals surface area contributed by atoms with Gasteiger partial charge in [-0.05, 0) is 19.1 Å². The minimum Gasteiger partial charge on any atom is -0.306 e. The summed E-state index contributed by atoms with van der Waals surface area (Å²) in [5, 5.41) is 2.90. The monoisotopic (exact) mass is 243 g/mol. The Labute approximate surface area is 102 Å². The Kier molecular flexibility index (Phi) is 2.26. The first kappa shape index (κ1) is 10.2. The van der Waals surface area contributed by atoms with E-state index in [0.717, 1.165) is 28.3 Å². The number of carbonyl (C=O) groups is 1. The minimum absolute atomic E-state index is 0.636. The van der Waals surface area contributed by atoms with Crippen molar-refractivity contribution in [2.75, 3.05) is 0 Å². The molecule has 4 nitrogen and oxygen atoms in total. The number of rotatable bonds is 2. The summed E-state index contributed by atoms with van der Waals surface area (Å²) >= 11 is 1.57. The first-order valence-corrected chi connectivity index (χ1v) is 6.00. The van der Waals surface area contributed by atoms with Gasteiger partial charge in [0, 0.05) is 29.0 Å². The summed E-state index contributed by atoms with van der Waals surface area (Å²) in [6.07, 6.45) is 4.48. The summed E-state index contributed by atoms with van der Waals surface area (Å²) in [7, 11) is 0. The highest BCUT2D eigenvalue weighted by molar-refractivity contribution is 7.13. The molecule has 5 heteroatoms. The standard InChI is InChI=1S/C12H9N3OS/c1-8-7-17-12(13-8)10-5-15-4-9(6-16)2-3-11(15)14-10/h2-7H,1H3. The number of aromatic nitrogens is 3. The third-order valence-electron chi connectivity index (χ3n) is 2.45. The third-order valence-corrected chi connectivity index (χ3v) is 3.43. The quantitative estimate of drug-likeness (QED) is 0.650. The van der Waals surface area contributed by atoms with Crippen molar-refractivity contribution in [3.05, 3.63) is 41.2 Å². The number of fused-ring (bicyclic) bond motifs is 1. The SMILES string of the molecule is Cc1csc(-c2cn3cc(C=O)ccc3n2)n1. The smallest absolute Gasteiger partial charge is 0.151 e. The summed E-state index contributed by atoms with van der Waals surface area (Å²) < 4.78 is 1.84. The molecular weight excluding hydrogens is 234 g/mol. The molecule has 84 valence electrons. The Morgan fingerprint density at radius 3 is 2.88 bits per heavy atom. The molecule has 0 aliphatic heterocycles. The fourth-order valence-corrected chi connectivity index (χ4v) is 2.40. The molecule has 0 atom stereocenters. The van der Waals surface area contributed by atoms with Gasteiger partial charge in [0.1, 0.15) is 16.3 Å². The maximum absolute atomic E-state index is 10.7. The zero-order valence-electron chi connectivity index (χ0n) is 9.12. The number of imidazole rings is 1. The molecule has 0 saturated heterocycles. The Morgan fingerprint density at radius 1 is 1.29 bits per heavy atom. The van der Waals surface area contributed by atoms with Gasteiger partial charge in [-0.3, -0.25) is 4.79 Å². The van der Waals surface area contributed by atoms with E-state index in [4.69, 9.17) is 0 Å². The second kappa shape index (κ2) is 3.78. The number of thiazole rings is 1. The van der Waals surface area contributed by atoms with Gasteiger partial charge in [0.25, 0.3) is 0 Å². The van der Waals surface area contributed by atoms with Crippen molar-refractivity contribution >= 4 is 23.3 Å². The predicted octanol–water partition coefficient (Wildman–Crippen LogP) is 2.58. The first-order valence-electron chi connectivity index (χ1n) is 5.13. The van der Waals surface area contributed by atoms with Crippen LogP contribution in [0.1, 0.15) is 16.1 Å². The van der Waals surface area contributed by atoms with Gasteiger partial charge < -0.3 is 4.40 Å². The lowest BCUT2D eigenvalue weighted by Gasteiger charge is -1.92. The second-order valence-electron chi connectivity index (χ2n) is 3.77. The zero-order valence-corrected chi connectivity index (χ0v) is 9.94. The Bertz CT molecular complexity index is 699. The average molecular weight is 243 g/mol. The van der Waals surface area contributed by atoms with Crippen LogP contribution in [-0.2, 0) is 0 Å². The van der Waals surface area contributed by atoms with Crippen LogP contribution in [-0.4, -0.2) is 20.7 Å². The maximum atomic E-state index is 10.7. The maximum Gasteiger partial charge on any atom is 0.151 e. The molecule has 0 saturated carbocycles. The molecule has 0 spiro atoms. The fourth-order valence-electron chi connectivity index (χ4n) is 1.65. The molecule has 3 aromatic heterocycles. The van der Waals surface area contributed by atoms with E-state index in [1.54, 1.807) is 23.6 Å². The van der Waals surface area contributed by atoms with E-state index in [2.05, 4.69) is 9.97 Å². The molecule has 0 aliphatic rings. The third kappa shape index (κ3) is 1.74. The van der Waals surface area contributed by atoms with Gasteiger partial charge in [0.15, 0.2) is 6.29 Å². The van der Waals surface area contributed by atoms with Crippen LogP contribution in [0.4, 0.5) is 0 Å². The number of hydrogen-bond acceptors (Lipinski definition) is 4. The molecule has 0 amide bonds. The lowest BCUT2D eigenvalue weighted by Crippen LogP contribution is -1.86. The van der Waals surface area contributed by atoms with Crippen molar-refractivity contribution in [1.29, 1.82) is 0 Å². The highest BCUT2D eigenvalue weighted by atomic mass is 32.1. The lowest BCUT2D eigenvalue weighted by atomic mass is 10.3. The van der Waals surface area contributed by atoms with Crippen LogP contribution < -0.4 is 0 Å². The van der Waals surface area contributed by atoms with Crippen molar-refractivity contribution in [2.45, 2.75) is 6.92 Å². The molecule has 3 rings (SSSR count). The number of aldehydes is 1. The van der Waals surface area contributed by atoms with Gasteiger partial charge >= 0.3 is 0 Å². The molecular formula is C12H9N3OS. The molecule has 0 unspecified atom stereocenters. The molecule has 0 aliphatic carbocycles. The number of pyridine rings is 1. The van der Waals surface area contributed by atoms with E-state index < -0.39 is 0 Å². The molecule has 3 heterocycles. The highest BCUT2D eigenvalue weighted by Gasteiger charge is 2.07. The van der Waals surface area contributed by atoms with Crippen LogP contribution in [0.3, 0.4) is 0 Å². The fraction of sp³-hybridized carbons (Fsp3) is 0.0833. The van der Waals surface area contributed by atoms with Gasteiger partial charge in [-0.1, -0.05) is 0 Å². The van der Waals surface area contributed by atoms with Crippen LogP contribution in [0.25, 0.3) is 16.3 Å². The highest BCUT2D eigenvalue weighted by Crippen LogP contribution is 2.23. The predicted molar refractivity (Wildman–Crippen MR) is 66.4 cm³/mol. The van der Waals surface area contributed by atoms with Crippen molar-refractivity contribution in [1.82, 2.24) is 14.4 Å². The van der Waals surface area contributed by atoms with Crippen molar-refractivity contribution < 1.29 is 4.79 Å². The van der Waals surface area contributed by atoms with Crippen LogP contribution in [0, 0.1) is 6.92 Å². The van der Waals surface area contributed by atoms with Crippen LogP contribution in [0.5, 0.6) is 0 Å². The number of hydrogen-bond donors (Lipinski definition) is 0. The summed E-state index contributed by atoms with van der Waals surface area (Å²) in [6.45, 7) is 1.96. The molecule has 0 radical (unpaired) electrons. The van der Waals surface area contributed by atoms with Gasteiger partial charge in [-0.2, -0.15) is 0 Å². The number of nitrogens with zero attached hydrogens (tertiary/aromatic N) is 3. The van der Waals surface area contributed by atoms with Gasteiger partial charge in [-0.25, -0.2) is 9.97 Å². The van der Waals surface area contributed by atoms with E-state index in [1.165, 1.54) is 0 Å². The van der Waals surface area contributed by atoms with E-state index in [9.17, 15) is 4.79 Å². The van der Waals surface area contributed by atoms with Crippen molar-refractivity contribution in [3.8, 4) is 10.7 Å². The topological polar surface area (TPSA) is 47.3 Å². The van der Waals surface area contributed by atoms with Crippen molar-refractivity contribution in [3.63, 3.8) is 0 Å². The summed E-state index contributed by atoms with van der Waals surface area (Å²) in [5.41, 5.74) is 3.29.